The van der Waals surface area contributed by atoms with Crippen molar-refractivity contribution in [1.82, 2.24) is 24.9 Å². The Morgan fingerprint density at radius 2 is 0.965 bits per heavy atom. The summed E-state index contributed by atoms with van der Waals surface area (Å²) < 4.78 is 11.5. The zero-order valence-corrected chi connectivity index (χ0v) is 31.7. The number of fused-ring (bicyclic) bond motifs is 9. The molecule has 0 bridgehead atoms. The molecule has 5 aromatic heterocycles. The monoisotopic (exact) mass is 765 g/mol. The number of nitrogens with zero attached hydrogens (tertiary/aromatic N) is 5. The topological polar surface area (TPSA) is 77.6 Å². The molecule has 0 radical (unpaired) electrons. The number of hydrogen-bond acceptors (Lipinski definition) is 8. The van der Waals surface area contributed by atoms with E-state index >= 15 is 0 Å². The van der Waals surface area contributed by atoms with Gasteiger partial charge in [0.25, 0.3) is 0 Å². The van der Waals surface area contributed by atoms with Crippen molar-refractivity contribution >= 4 is 85.1 Å². The van der Waals surface area contributed by atoms with E-state index in [0.717, 1.165) is 65.5 Å². The highest BCUT2D eigenvalue weighted by Crippen LogP contribution is 2.42. The van der Waals surface area contributed by atoms with Crippen LogP contribution in [0.2, 0.25) is 0 Å². The first-order valence-electron chi connectivity index (χ1n) is 18.7. The second-order valence-electron chi connectivity index (χ2n) is 14.0. The summed E-state index contributed by atoms with van der Waals surface area (Å²) in [5.41, 5.74) is 7.91. The van der Waals surface area contributed by atoms with Crippen molar-refractivity contribution in [3.05, 3.63) is 164 Å². The molecule has 6 nitrogen and oxygen atoms in total. The first-order valence-corrected chi connectivity index (χ1v) is 20.3. The molecule has 8 heteroatoms. The van der Waals surface area contributed by atoms with Crippen LogP contribution in [-0.4, -0.2) is 24.9 Å². The quantitative estimate of drug-likeness (QED) is 0.174. The largest absolute Gasteiger partial charge is 0.455 e. The van der Waals surface area contributed by atoms with Crippen LogP contribution in [-0.2, 0) is 0 Å². The first kappa shape index (κ1) is 32.1. The average molecular weight is 766 g/mol. The lowest BCUT2D eigenvalue weighted by Crippen LogP contribution is -2.00. The van der Waals surface area contributed by atoms with Crippen LogP contribution in [0.5, 0.6) is 0 Å². The molecule has 7 aromatic carbocycles. The number of furan rings is 1. The average Bonchev–Trinajstić information content (AvgIpc) is 3.97. The van der Waals surface area contributed by atoms with E-state index in [1.54, 1.807) is 22.7 Å². The van der Waals surface area contributed by atoms with Gasteiger partial charge in [0.05, 0.1) is 21.5 Å². The molecule has 57 heavy (non-hydrogen) atoms. The Morgan fingerprint density at radius 1 is 0.368 bits per heavy atom. The smallest absolute Gasteiger partial charge is 0.167 e. The number of thiophene rings is 2. The Bertz CT molecular complexity index is 3540. The summed E-state index contributed by atoms with van der Waals surface area (Å²) in [4.78, 5) is 25.6. The fraction of sp³-hybridized carbons (Fsp3) is 0. The molecule has 12 aromatic rings. The van der Waals surface area contributed by atoms with E-state index in [1.807, 2.05) is 48.5 Å². The maximum absolute atomic E-state index is 6.79. The van der Waals surface area contributed by atoms with Gasteiger partial charge in [0.2, 0.25) is 0 Å². The molecule has 0 aliphatic heterocycles. The maximum Gasteiger partial charge on any atom is 0.167 e. The molecule has 0 amide bonds. The summed E-state index contributed by atoms with van der Waals surface area (Å²) in [5.74, 6) is 2.41. The minimum absolute atomic E-state index is 0.547. The van der Waals surface area contributed by atoms with Crippen molar-refractivity contribution < 1.29 is 4.42 Å². The zero-order valence-electron chi connectivity index (χ0n) is 30.0. The lowest BCUT2D eigenvalue weighted by atomic mass is 10.1. The van der Waals surface area contributed by atoms with Gasteiger partial charge in [-0.2, -0.15) is 0 Å². The minimum atomic E-state index is 0.547. The minimum Gasteiger partial charge on any atom is -0.455 e. The summed E-state index contributed by atoms with van der Waals surface area (Å²) in [6.07, 6.45) is 0. The van der Waals surface area contributed by atoms with Crippen LogP contribution in [0.25, 0.3) is 119 Å². The van der Waals surface area contributed by atoms with Crippen LogP contribution in [0.4, 0.5) is 0 Å². The molecule has 5 heterocycles. The van der Waals surface area contributed by atoms with Gasteiger partial charge in [-0.15, -0.1) is 22.7 Å². The third kappa shape index (κ3) is 5.26. The summed E-state index contributed by atoms with van der Waals surface area (Å²) >= 11 is 3.51. The van der Waals surface area contributed by atoms with Gasteiger partial charge in [-0.25, -0.2) is 24.9 Å². The second kappa shape index (κ2) is 12.7. The predicted octanol–water partition coefficient (Wildman–Crippen LogP) is 13.6. The second-order valence-corrected chi connectivity index (χ2v) is 16.2. The Kier molecular flexibility index (Phi) is 7.17. The number of para-hydroxylation sites is 1. The van der Waals surface area contributed by atoms with Gasteiger partial charge in [-0.3, -0.25) is 0 Å². The molecule has 0 saturated heterocycles. The van der Waals surface area contributed by atoms with Gasteiger partial charge in [0, 0.05) is 63.3 Å². The molecule has 0 saturated carbocycles. The highest BCUT2D eigenvalue weighted by Gasteiger charge is 2.21. The van der Waals surface area contributed by atoms with Crippen LogP contribution in [0, 0.1) is 0 Å². The standard InChI is InChI=1S/C49H27N5OS2/c1-3-12-28(13-4-1)42-45-43(36-17-8-10-21-40(36)57-45)51-47(50-42)30-22-24-32-35-18-11-19-37(44(35)55-38(32)26-30)49-53-46(29-14-5-2-6-15-29)52-48(54-49)31-23-25-34-33-16-7-9-20-39(33)56-41(34)27-31/h1-27H. The molecule has 0 unspecified atom stereocenters. The number of hydrogen-bond donors (Lipinski definition) is 0. The van der Waals surface area contributed by atoms with E-state index in [2.05, 4.69) is 115 Å². The van der Waals surface area contributed by atoms with E-state index < -0.39 is 0 Å². The van der Waals surface area contributed by atoms with E-state index in [1.165, 1.54) is 24.9 Å². The third-order valence-electron chi connectivity index (χ3n) is 10.6. The van der Waals surface area contributed by atoms with Crippen molar-refractivity contribution in [2.24, 2.45) is 0 Å². The summed E-state index contributed by atoms with van der Waals surface area (Å²) in [7, 11) is 0. The molecular formula is C49H27N5OS2. The highest BCUT2D eigenvalue weighted by molar-refractivity contribution is 7.26. The van der Waals surface area contributed by atoms with E-state index in [-0.39, 0.29) is 0 Å². The molecule has 0 aliphatic carbocycles. The number of aromatic nitrogens is 5. The van der Waals surface area contributed by atoms with Crippen molar-refractivity contribution in [2.45, 2.75) is 0 Å². The molecular weight excluding hydrogens is 739 g/mol. The van der Waals surface area contributed by atoms with Gasteiger partial charge in [-0.1, -0.05) is 127 Å². The summed E-state index contributed by atoms with van der Waals surface area (Å²) in [5, 5.41) is 5.59. The predicted molar refractivity (Wildman–Crippen MR) is 236 cm³/mol. The molecule has 0 atom stereocenters. The first-order chi connectivity index (χ1) is 28.2. The lowest BCUT2D eigenvalue weighted by molar-refractivity contribution is 0.669. The van der Waals surface area contributed by atoms with Gasteiger partial charge >= 0.3 is 0 Å². The Balaban J connectivity index is 1.02. The fourth-order valence-corrected chi connectivity index (χ4v) is 10.1. The van der Waals surface area contributed by atoms with Crippen LogP contribution in [0.3, 0.4) is 0 Å². The van der Waals surface area contributed by atoms with Crippen molar-refractivity contribution in [3.63, 3.8) is 0 Å². The van der Waals surface area contributed by atoms with Gasteiger partial charge in [0.15, 0.2) is 23.3 Å². The normalized spacial score (nSPS) is 11.9. The molecule has 266 valence electrons. The van der Waals surface area contributed by atoms with E-state index in [4.69, 9.17) is 29.3 Å². The van der Waals surface area contributed by atoms with Gasteiger partial charge in [-0.05, 0) is 36.4 Å². The van der Waals surface area contributed by atoms with Crippen LogP contribution < -0.4 is 0 Å². The maximum atomic E-state index is 6.79. The molecule has 0 spiro atoms. The lowest BCUT2D eigenvalue weighted by Gasteiger charge is -2.09. The zero-order chi connectivity index (χ0) is 37.5. The molecule has 0 N–H and O–H groups in total. The van der Waals surface area contributed by atoms with Gasteiger partial charge < -0.3 is 4.42 Å². The number of benzene rings is 7. The van der Waals surface area contributed by atoms with Crippen LogP contribution in [0.1, 0.15) is 0 Å². The molecule has 12 rings (SSSR count). The van der Waals surface area contributed by atoms with Crippen LogP contribution >= 0.6 is 22.7 Å². The summed E-state index contributed by atoms with van der Waals surface area (Å²) in [6, 6.07) is 56.3. The Hall–Kier alpha value is -7.13. The van der Waals surface area contributed by atoms with Gasteiger partial charge in [0.1, 0.15) is 11.2 Å². The summed E-state index contributed by atoms with van der Waals surface area (Å²) in [6.45, 7) is 0. The Labute approximate surface area is 333 Å². The SMILES string of the molecule is c1ccc(-c2nc(-c3ccc4c(c3)sc3ccccc34)nc(-c3cccc4c3oc3cc(-c5nc(-c6ccccc6)c6sc7ccccc7c6n5)ccc34)n2)cc1. The van der Waals surface area contributed by atoms with Crippen LogP contribution in [0.15, 0.2) is 168 Å². The molecule has 0 fully saturated rings. The van der Waals surface area contributed by atoms with E-state index in [9.17, 15) is 0 Å². The fourth-order valence-electron chi connectivity index (χ4n) is 7.83. The Morgan fingerprint density at radius 3 is 1.77 bits per heavy atom. The highest BCUT2D eigenvalue weighted by atomic mass is 32.1. The van der Waals surface area contributed by atoms with Crippen molar-refractivity contribution in [1.29, 1.82) is 0 Å². The number of rotatable bonds is 5. The molecule has 0 aliphatic rings. The van der Waals surface area contributed by atoms with Crippen molar-refractivity contribution in [2.75, 3.05) is 0 Å². The van der Waals surface area contributed by atoms with E-state index in [0.29, 0.717) is 28.9 Å². The third-order valence-corrected chi connectivity index (χ3v) is 12.9. The van der Waals surface area contributed by atoms with Crippen molar-refractivity contribution in [3.8, 4) is 56.8 Å².